The molecule has 6 nitrogen and oxygen atoms in total. The average molecular weight is 362 g/mol. The maximum Gasteiger partial charge on any atom is 0.213 e. The van der Waals surface area contributed by atoms with E-state index < -0.39 is 10.0 Å². The fraction of sp³-hybridized carbons (Fsp3) is 0.333. The standard InChI is InChI=1S/C18H22N2O4S/c21-25(22,20-13-15-5-2-1-3-6-15)12-9-19-14-16-7-4-8-17-18(16)24-11-10-23-17/h1-8,19-20H,9-14H2. The van der Waals surface area contributed by atoms with Gasteiger partial charge in [0.25, 0.3) is 0 Å². The van der Waals surface area contributed by atoms with Crippen LogP contribution >= 0.6 is 0 Å². The van der Waals surface area contributed by atoms with E-state index in [9.17, 15) is 8.42 Å². The Morgan fingerprint density at radius 2 is 1.72 bits per heavy atom. The summed E-state index contributed by atoms with van der Waals surface area (Å²) in [5, 5.41) is 3.15. The largest absolute Gasteiger partial charge is 0.486 e. The summed E-state index contributed by atoms with van der Waals surface area (Å²) >= 11 is 0. The molecule has 2 aromatic rings. The van der Waals surface area contributed by atoms with E-state index in [1.165, 1.54) is 0 Å². The number of para-hydroxylation sites is 1. The van der Waals surface area contributed by atoms with Crippen molar-refractivity contribution >= 4 is 10.0 Å². The number of fused-ring (bicyclic) bond motifs is 1. The second-order valence-corrected chi connectivity index (χ2v) is 7.67. The minimum atomic E-state index is -3.32. The Balaban J connectivity index is 1.45. The van der Waals surface area contributed by atoms with E-state index in [1.807, 2.05) is 48.5 Å². The Hall–Kier alpha value is -2.09. The summed E-state index contributed by atoms with van der Waals surface area (Å²) in [6.07, 6.45) is 0. The van der Waals surface area contributed by atoms with Crippen molar-refractivity contribution in [2.24, 2.45) is 0 Å². The third kappa shape index (κ3) is 5.19. The summed E-state index contributed by atoms with van der Waals surface area (Å²) in [5.74, 6) is 1.50. The van der Waals surface area contributed by atoms with Crippen molar-refractivity contribution in [2.75, 3.05) is 25.5 Å². The average Bonchev–Trinajstić information content (AvgIpc) is 2.65. The third-order valence-corrected chi connectivity index (χ3v) is 5.18. The first-order chi connectivity index (χ1) is 12.1. The van der Waals surface area contributed by atoms with E-state index >= 15 is 0 Å². The van der Waals surface area contributed by atoms with Gasteiger partial charge in [0, 0.05) is 25.2 Å². The molecule has 0 aromatic heterocycles. The Morgan fingerprint density at radius 3 is 2.56 bits per heavy atom. The molecular weight excluding hydrogens is 340 g/mol. The van der Waals surface area contributed by atoms with Crippen LogP contribution in [0.3, 0.4) is 0 Å². The first-order valence-electron chi connectivity index (χ1n) is 8.23. The van der Waals surface area contributed by atoms with Crippen LogP contribution in [0.4, 0.5) is 0 Å². The smallest absolute Gasteiger partial charge is 0.213 e. The Bertz CT molecular complexity index is 794. The maximum absolute atomic E-state index is 12.1. The van der Waals surface area contributed by atoms with Crippen molar-refractivity contribution in [3.8, 4) is 11.5 Å². The highest BCUT2D eigenvalue weighted by Gasteiger charge is 2.15. The predicted molar refractivity (Wildman–Crippen MR) is 96.2 cm³/mol. The SMILES string of the molecule is O=S(=O)(CCNCc1cccc2c1OCCO2)NCc1ccccc1. The molecule has 0 radical (unpaired) electrons. The van der Waals surface area contributed by atoms with Gasteiger partial charge in [-0.2, -0.15) is 0 Å². The second kappa shape index (κ2) is 8.33. The molecule has 0 bridgehead atoms. The van der Waals surface area contributed by atoms with Crippen molar-refractivity contribution in [3.63, 3.8) is 0 Å². The monoisotopic (exact) mass is 362 g/mol. The molecule has 1 aliphatic heterocycles. The van der Waals surface area contributed by atoms with Crippen molar-refractivity contribution in [3.05, 3.63) is 59.7 Å². The van der Waals surface area contributed by atoms with Crippen molar-refractivity contribution in [1.29, 1.82) is 0 Å². The number of rotatable bonds is 8. The number of hydrogen-bond acceptors (Lipinski definition) is 5. The first kappa shape index (κ1) is 17.7. The topological polar surface area (TPSA) is 76.7 Å². The van der Waals surface area contributed by atoms with Gasteiger partial charge in [-0.05, 0) is 11.6 Å². The van der Waals surface area contributed by atoms with Gasteiger partial charge < -0.3 is 14.8 Å². The molecule has 1 heterocycles. The van der Waals surface area contributed by atoms with Gasteiger partial charge in [-0.1, -0.05) is 42.5 Å². The van der Waals surface area contributed by atoms with Crippen LogP contribution in [-0.2, 0) is 23.1 Å². The molecule has 0 aliphatic carbocycles. The molecular formula is C18H22N2O4S. The number of sulfonamides is 1. The highest BCUT2D eigenvalue weighted by molar-refractivity contribution is 7.89. The van der Waals surface area contributed by atoms with E-state index in [2.05, 4.69) is 10.0 Å². The molecule has 1 aliphatic rings. The van der Waals surface area contributed by atoms with Crippen LogP contribution in [0, 0.1) is 0 Å². The summed E-state index contributed by atoms with van der Waals surface area (Å²) in [4.78, 5) is 0. The van der Waals surface area contributed by atoms with Gasteiger partial charge >= 0.3 is 0 Å². The minimum Gasteiger partial charge on any atom is -0.486 e. The first-order valence-corrected chi connectivity index (χ1v) is 9.89. The fourth-order valence-electron chi connectivity index (χ4n) is 2.56. The molecule has 0 unspecified atom stereocenters. The Morgan fingerprint density at radius 1 is 0.920 bits per heavy atom. The third-order valence-electron chi connectivity index (χ3n) is 3.85. The lowest BCUT2D eigenvalue weighted by molar-refractivity contribution is 0.169. The lowest BCUT2D eigenvalue weighted by atomic mass is 10.1. The van der Waals surface area contributed by atoms with Gasteiger partial charge in [-0.25, -0.2) is 13.1 Å². The van der Waals surface area contributed by atoms with Gasteiger partial charge in [0.2, 0.25) is 10.0 Å². The van der Waals surface area contributed by atoms with Crippen LogP contribution in [0.25, 0.3) is 0 Å². The van der Waals surface area contributed by atoms with Crippen LogP contribution in [0.2, 0.25) is 0 Å². The van der Waals surface area contributed by atoms with E-state index in [-0.39, 0.29) is 5.75 Å². The molecule has 25 heavy (non-hydrogen) atoms. The van der Waals surface area contributed by atoms with Gasteiger partial charge in [0.15, 0.2) is 11.5 Å². The van der Waals surface area contributed by atoms with E-state index in [0.29, 0.717) is 32.8 Å². The number of nitrogens with one attached hydrogen (secondary N) is 2. The van der Waals surface area contributed by atoms with Crippen molar-refractivity contribution in [1.82, 2.24) is 10.0 Å². The van der Waals surface area contributed by atoms with Crippen LogP contribution in [0.15, 0.2) is 48.5 Å². The Kier molecular flexibility index (Phi) is 5.91. The lowest BCUT2D eigenvalue weighted by Gasteiger charge is -2.21. The Labute approximate surface area is 148 Å². The van der Waals surface area contributed by atoms with Crippen molar-refractivity contribution in [2.45, 2.75) is 13.1 Å². The summed E-state index contributed by atoms with van der Waals surface area (Å²) in [6.45, 7) is 2.27. The normalized spacial score (nSPS) is 13.6. The van der Waals surface area contributed by atoms with E-state index in [4.69, 9.17) is 9.47 Å². The molecule has 0 fully saturated rings. The molecule has 2 aromatic carbocycles. The quantitative estimate of drug-likeness (QED) is 0.699. The summed E-state index contributed by atoms with van der Waals surface area (Å²) < 4.78 is 37.9. The maximum atomic E-state index is 12.1. The summed E-state index contributed by atoms with van der Waals surface area (Å²) in [7, 11) is -3.32. The molecule has 0 saturated heterocycles. The second-order valence-electron chi connectivity index (χ2n) is 5.74. The van der Waals surface area contributed by atoms with Gasteiger partial charge in [0.1, 0.15) is 13.2 Å². The summed E-state index contributed by atoms with van der Waals surface area (Å²) in [6, 6.07) is 15.2. The molecule has 0 atom stereocenters. The van der Waals surface area contributed by atoms with E-state index in [1.54, 1.807) is 0 Å². The molecule has 0 spiro atoms. The van der Waals surface area contributed by atoms with Crippen LogP contribution in [0.1, 0.15) is 11.1 Å². The molecule has 134 valence electrons. The highest BCUT2D eigenvalue weighted by atomic mass is 32.2. The lowest BCUT2D eigenvalue weighted by Crippen LogP contribution is -2.31. The van der Waals surface area contributed by atoms with Crippen LogP contribution < -0.4 is 19.5 Å². The predicted octanol–water partition coefficient (Wildman–Crippen LogP) is 1.67. The molecule has 0 saturated carbocycles. The number of hydrogen-bond donors (Lipinski definition) is 2. The zero-order valence-corrected chi connectivity index (χ0v) is 14.7. The zero-order valence-electron chi connectivity index (χ0n) is 13.9. The van der Waals surface area contributed by atoms with Crippen molar-refractivity contribution < 1.29 is 17.9 Å². The van der Waals surface area contributed by atoms with Crippen LogP contribution in [-0.4, -0.2) is 33.9 Å². The van der Waals surface area contributed by atoms with Gasteiger partial charge in [-0.15, -0.1) is 0 Å². The molecule has 0 amide bonds. The summed E-state index contributed by atoms with van der Waals surface area (Å²) in [5.41, 5.74) is 1.90. The number of benzene rings is 2. The molecule has 7 heteroatoms. The van der Waals surface area contributed by atoms with Crippen LogP contribution in [0.5, 0.6) is 11.5 Å². The fourth-order valence-corrected chi connectivity index (χ4v) is 3.51. The van der Waals surface area contributed by atoms with E-state index in [0.717, 1.165) is 22.6 Å². The molecule has 2 N–H and O–H groups in total. The zero-order chi connectivity index (χ0) is 17.5. The minimum absolute atomic E-state index is 0.0201. The van der Waals surface area contributed by atoms with Gasteiger partial charge in [-0.3, -0.25) is 0 Å². The van der Waals surface area contributed by atoms with Gasteiger partial charge in [0.05, 0.1) is 5.75 Å². The highest BCUT2D eigenvalue weighted by Crippen LogP contribution is 2.33. The number of ether oxygens (including phenoxy) is 2. The molecule has 3 rings (SSSR count).